The number of nitrogens with zero attached hydrogens (tertiary/aromatic N) is 2. The summed E-state index contributed by atoms with van der Waals surface area (Å²) in [6, 6.07) is 7.66. The van der Waals surface area contributed by atoms with E-state index in [1.165, 1.54) is 12.8 Å². The highest BCUT2D eigenvalue weighted by molar-refractivity contribution is 5.80. The van der Waals surface area contributed by atoms with E-state index in [4.69, 9.17) is 19.2 Å². The monoisotopic (exact) mass is 361 g/mol. The van der Waals surface area contributed by atoms with Crippen LogP contribution in [0.1, 0.15) is 26.7 Å². The first-order valence-corrected chi connectivity index (χ1v) is 9.56. The molecule has 0 aliphatic carbocycles. The van der Waals surface area contributed by atoms with Crippen LogP contribution in [0.5, 0.6) is 11.5 Å². The lowest BCUT2D eigenvalue weighted by Gasteiger charge is -2.25. The molecule has 0 saturated carbocycles. The number of benzene rings is 1. The zero-order valence-corrected chi connectivity index (χ0v) is 16.2. The van der Waals surface area contributed by atoms with E-state index in [1.54, 1.807) is 7.11 Å². The molecule has 2 atom stereocenters. The maximum atomic E-state index is 5.97. The van der Waals surface area contributed by atoms with Crippen molar-refractivity contribution in [1.82, 2.24) is 10.2 Å². The smallest absolute Gasteiger partial charge is 0.194 e. The van der Waals surface area contributed by atoms with Gasteiger partial charge in [0, 0.05) is 31.7 Å². The quantitative estimate of drug-likeness (QED) is 0.623. The van der Waals surface area contributed by atoms with Gasteiger partial charge in [0.25, 0.3) is 0 Å². The minimum Gasteiger partial charge on any atom is -0.497 e. The average molecular weight is 361 g/mol. The average Bonchev–Trinajstić information content (AvgIpc) is 3.29. The summed E-state index contributed by atoms with van der Waals surface area (Å²) in [7, 11) is 1.66. The van der Waals surface area contributed by atoms with Gasteiger partial charge in [0.2, 0.25) is 0 Å². The van der Waals surface area contributed by atoms with E-state index in [0.717, 1.165) is 50.3 Å². The van der Waals surface area contributed by atoms with E-state index in [-0.39, 0.29) is 6.10 Å². The van der Waals surface area contributed by atoms with Crippen molar-refractivity contribution in [3.63, 3.8) is 0 Å². The highest BCUT2D eigenvalue weighted by atomic mass is 16.5. The minimum absolute atomic E-state index is 0.00317. The van der Waals surface area contributed by atoms with E-state index >= 15 is 0 Å². The molecule has 2 fully saturated rings. The number of rotatable bonds is 6. The van der Waals surface area contributed by atoms with Crippen molar-refractivity contribution in [1.29, 1.82) is 0 Å². The Morgan fingerprint density at radius 1 is 1.31 bits per heavy atom. The Morgan fingerprint density at radius 3 is 2.73 bits per heavy atom. The van der Waals surface area contributed by atoms with Gasteiger partial charge in [-0.25, -0.2) is 4.99 Å². The molecule has 0 bridgehead atoms. The van der Waals surface area contributed by atoms with Gasteiger partial charge in [0.1, 0.15) is 17.6 Å². The highest BCUT2D eigenvalue weighted by Crippen LogP contribution is 2.38. The van der Waals surface area contributed by atoms with Crippen LogP contribution in [0.2, 0.25) is 0 Å². The Hall–Kier alpha value is -1.95. The van der Waals surface area contributed by atoms with Crippen LogP contribution in [0, 0.1) is 5.41 Å². The van der Waals surface area contributed by atoms with Gasteiger partial charge in [0.15, 0.2) is 5.96 Å². The molecule has 1 aromatic carbocycles. The Balaban J connectivity index is 1.56. The summed E-state index contributed by atoms with van der Waals surface area (Å²) in [5, 5.41) is 3.43. The summed E-state index contributed by atoms with van der Waals surface area (Å²) in [4.78, 5) is 7.19. The standard InChI is InChI=1S/C20H31N3O3/c1-4-21-19(23-11-9-20(14-23)10-12-25-15-20)22-13-16(2)26-18-7-5-17(24-3)6-8-18/h5-8,16H,4,9-15H2,1-3H3,(H,21,22). The summed E-state index contributed by atoms with van der Waals surface area (Å²) in [5.41, 5.74) is 0.335. The first-order chi connectivity index (χ1) is 12.6. The maximum absolute atomic E-state index is 5.97. The zero-order chi connectivity index (χ0) is 18.4. The minimum atomic E-state index is 0.00317. The molecule has 6 heteroatoms. The molecule has 0 amide bonds. The molecule has 2 aliphatic heterocycles. The van der Waals surface area contributed by atoms with Crippen LogP contribution in [-0.2, 0) is 4.74 Å². The van der Waals surface area contributed by atoms with Gasteiger partial charge in [-0.15, -0.1) is 0 Å². The van der Waals surface area contributed by atoms with Crippen molar-refractivity contribution in [2.24, 2.45) is 10.4 Å². The molecule has 144 valence electrons. The molecule has 6 nitrogen and oxygen atoms in total. The summed E-state index contributed by atoms with van der Waals surface area (Å²) in [6.07, 6.45) is 2.36. The lowest BCUT2D eigenvalue weighted by atomic mass is 9.87. The lowest BCUT2D eigenvalue weighted by Crippen LogP contribution is -2.42. The number of methoxy groups -OCH3 is 1. The van der Waals surface area contributed by atoms with E-state index < -0.39 is 0 Å². The molecule has 1 N–H and O–H groups in total. The largest absolute Gasteiger partial charge is 0.497 e. The van der Waals surface area contributed by atoms with Gasteiger partial charge in [-0.2, -0.15) is 0 Å². The van der Waals surface area contributed by atoms with Gasteiger partial charge in [-0.1, -0.05) is 0 Å². The summed E-state index contributed by atoms with van der Waals surface area (Å²) >= 11 is 0. The van der Waals surface area contributed by atoms with Crippen LogP contribution in [0.15, 0.2) is 29.3 Å². The molecule has 2 heterocycles. The molecule has 0 radical (unpaired) electrons. The molecule has 2 unspecified atom stereocenters. The number of hydrogen-bond donors (Lipinski definition) is 1. The first kappa shape index (κ1) is 18.8. The number of likely N-dealkylation sites (tertiary alicyclic amines) is 1. The fraction of sp³-hybridized carbons (Fsp3) is 0.650. The second kappa shape index (κ2) is 8.62. The number of ether oxygens (including phenoxy) is 3. The Bertz CT molecular complexity index is 597. The molecular weight excluding hydrogens is 330 g/mol. The van der Waals surface area contributed by atoms with Crippen molar-refractivity contribution in [2.75, 3.05) is 46.5 Å². The summed E-state index contributed by atoms with van der Waals surface area (Å²) < 4.78 is 16.8. The molecular formula is C20H31N3O3. The Morgan fingerprint density at radius 2 is 2.08 bits per heavy atom. The predicted molar refractivity (Wildman–Crippen MR) is 103 cm³/mol. The molecule has 1 spiro atoms. The van der Waals surface area contributed by atoms with Crippen LogP contribution in [-0.4, -0.2) is 63.5 Å². The van der Waals surface area contributed by atoms with E-state index in [2.05, 4.69) is 17.1 Å². The fourth-order valence-electron chi connectivity index (χ4n) is 3.65. The molecule has 26 heavy (non-hydrogen) atoms. The third-order valence-corrected chi connectivity index (χ3v) is 5.15. The summed E-state index contributed by atoms with van der Waals surface area (Å²) in [6.45, 7) is 9.51. The van der Waals surface area contributed by atoms with Crippen molar-refractivity contribution in [2.45, 2.75) is 32.8 Å². The third kappa shape index (κ3) is 4.61. The second-order valence-electron chi connectivity index (χ2n) is 7.27. The van der Waals surface area contributed by atoms with Crippen molar-refractivity contribution >= 4 is 5.96 Å². The highest BCUT2D eigenvalue weighted by Gasteiger charge is 2.42. The zero-order valence-electron chi connectivity index (χ0n) is 16.2. The number of nitrogens with one attached hydrogen (secondary N) is 1. The van der Waals surface area contributed by atoms with Crippen LogP contribution < -0.4 is 14.8 Å². The third-order valence-electron chi connectivity index (χ3n) is 5.15. The fourth-order valence-corrected chi connectivity index (χ4v) is 3.65. The van der Waals surface area contributed by atoms with Gasteiger partial charge in [0.05, 0.1) is 20.3 Å². The summed E-state index contributed by atoms with van der Waals surface area (Å²) in [5.74, 6) is 2.65. The molecule has 2 aliphatic rings. The van der Waals surface area contributed by atoms with Crippen molar-refractivity contribution in [3.05, 3.63) is 24.3 Å². The topological polar surface area (TPSA) is 55.3 Å². The normalized spacial score (nSPS) is 24.1. The molecule has 0 aromatic heterocycles. The molecule has 1 aromatic rings. The number of aliphatic imine (C=N–C) groups is 1. The van der Waals surface area contributed by atoms with Crippen molar-refractivity contribution in [3.8, 4) is 11.5 Å². The van der Waals surface area contributed by atoms with E-state index in [1.807, 2.05) is 31.2 Å². The van der Waals surface area contributed by atoms with Crippen LogP contribution >= 0.6 is 0 Å². The Labute approximate surface area is 156 Å². The van der Waals surface area contributed by atoms with Gasteiger partial charge >= 0.3 is 0 Å². The van der Waals surface area contributed by atoms with E-state index in [9.17, 15) is 0 Å². The predicted octanol–water partition coefficient (Wildman–Crippen LogP) is 2.54. The molecule has 2 saturated heterocycles. The molecule has 3 rings (SSSR count). The Kier molecular flexibility index (Phi) is 6.25. The van der Waals surface area contributed by atoms with Crippen molar-refractivity contribution < 1.29 is 14.2 Å². The van der Waals surface area contributed by atoms with Crippen LogP contribution in [0.4, 0.5) is 0 Å². The number of hydrogen-bond acceptors (Lipinski definition) is 4. The van der Waals surface area contributed by atoms with Gasteiger partial charge in [-0.3, -0.25) is 0 Å². The number of guanidine groups is 1. The SMILES string of the molecule is CCNC(=NCC(C)Oc1ccc(OC)cc1)N1CCC2(CCOC2)C1. The van der Waals surface area contributed by atoms with Gasteiger partial charge in [-0.05, 0) is 51.0 Å². The van der Waals surface area contributed by atoms with Crippen LogP contribution in [0.25, 0.3) is 0 Å². The van der Waals surface area contributed by atoms with Gasteiger partial charge < -0.3 is 24.4 Å². The van der Waals surface area contributed by atoms with Crippen LogP contribution in [0.3, 0.4) is 0 Å². The maximum Gasteiger partial charge on any atom is 0.194 e. The lowest BCUT2D eigenvalue weighted by molar-refractivity contribution is 0.156. The second-order valence-corrected chi connectivity index (χ2v) is 7.27. The van der Waals surface area contributed by atoms with E-state index in [0.29, 0.717) is 12.0 Å². The first-order valence-electron chi connectivity index (χ1n) is 9.56.